The molecule has 114 valence electrons. The van der Waals surface area contributed by atoms with E-state index in [1.165, 1.54) is 4.90 Å². The highest BCUT2D eigenvalue weighted by Crippen LogP contribution is 2.25. The molecule has 0 aromatic carbocycles. The lowest BCUT2D eigenvalue weighted by Gasteiger charge is -2.28. The van der Waals surface area contributed by atoms with Gasteiger partial charge in [-0.05, 0) is 12.8 Å². The van der Waals surface area contributed by atoms with E-state index in [0.29, 0.717) is 32.5 Å². The molecule has 1 aliphatic rings. The summed E-state index contributed by atoms with van der Waals surface area (Å²) >= 11 is 0. The maximum Gasteiger partial charge on any atom is 0.317 e. The molecule has 1 rings (SSSR count). The highest BCUT2D eigenvalue weighted by atomic mass is 16.4. The van der Waals surface area contributed by atoms with Crippen molar-refractivity contribution in [3.05, 3.63) is 0 Å². The van der Waals surface area contributed by atoms with Gasteiger partial charge in [-0.3, -0.25) is 9.59 Å². The van der Waals surface area contributed by atoms with E-state index in [4.69, 9.17) is 0 Å². The zero-order chi connectivity index (χ0) is 15.2. The molecule has 0 aromatic heterocycles. The zero-order valence-corrected chi connectivity index (χ0v) is 12.1. The minimum Gasteiger partial charge on any atom is -0.481 e. The summed E-state index contributed by atoms with van der Waals surface area (Å²) in [6.07, 6.45) is 1.19. The van der Waals surface area contributed by atoms with Crippen LogP contribution >= 0.6 is 0 Å². The van der Waals surface area contributed by atoms with Gasteiger partial charge >= 0.3 is 12.0 Å². The van der Waals surface area contributed by atoms with Gasteiger partial charge in [-0.15, -0.1) is 0 Å². The van der Waals surface area contributed by atoms with Crippen LogP contribution in [0.2, 0.25) is 0 Å². The Labute approximate surface area is 118 Å². The molecule has 0 aliphatic carbocycles. The third kappa shape index (κ3) is 3.85. The normalized spacial score (nSPS) is 16.3. The third-order valence-electron chi connectivity index (χ3n) is 3.99. The fraction of sp³-hybridized carbons (Fsp3) is 0.769. The van der Waals surface area contributed by atoms with E-state index in [2.05, 4.69) is 10.6 Å². The van der Waals surface area contributed by atoms with Crippen LogP contribution in [0.25, 0.3) is 0 Å². The number of aliphatic carboxylic acids is 1. The van der Waals surface area contributed by atoms with Gasteiger partial charge in [0.25, 0.3) is 0 Å². The summed E-state index contributed by atoms with van der Waals surface area (Å²) in [5, 5.41) is 14.7. The molecule has 1 heterocycles. The molecule has 7 nitrogen and oxygen atoms in total. The van der Waals surface area contributed by atoms with E-state index >= 15 is 0 Å². The molecular weight excluding hydrogens is 262 g/mol. The topological polar surface area (TPSA) is 98.7 Å². The highest BCUT2D eigenvalue weighted by Gasteiger charge is 2.35. The highest BCUT2D eigenvalue weighted by molar-refractivity contribution is 5.80. The Morgan fingerprint density at radius 2 is 2.00 bits per heavy atom. The fourth-order valence-electron chi connectivity index (χ4n) is 2.20. The lowest BCUT2D eigenvalue weighted by molar-refractivity contribution is -0.149. The van der Waals surface area contributed by atoms with Crippen molar-refractivity contribution in [2.75, 3.05) is 26.2 Å². The second-order valence-electron chi connectivity index (χ2n) is 5.04. The molecule has 1 saturated heterocycles. The SMILES string of the molecule is CCC(CC)(CNC(=O)N1CCNC(=O)CC1)C(=O)O. The van der Waals surface area contributed by atoms with Crippen LogP contribution in [-0.2, 0) is 9.59 Å². The number of hydrogen-bond acceptors (Lipinski definition) is 3. The maximum absolute atomic E-state index is 12.0. The fourth-order valence-corrected chi connectivity index (χ4v) is 2.20. The first-order valence-corrected chi connectivity index (χ1v) is 6.98. The number of nitrogens with one attached hydrogen (secondary N) is 2. The second-order valence-corrected chi connectivity index (χ2v) is 5.04. The first kappa shape index (κ1) is 16.3. The minimum absolute atomic E-state index is 0.0673. The van der Waals surface area contributed by atoms with Crippen LogP contribution < -0.4 is 10.6 Å². The number of carboxylic acid groups (broad SMARTS) is 1. The summed E-state index contributed by atoms with van der Waals surface area (Å²) in [5.41, 5.74) is -0.921. The van der Waals surface area contributed by atoms with Gasteiger partial charge < -0.3 is 20.6 Å². The number of urea groups is 1. The number of carbonyl (C=O) groups excluding carboxylic acids is 2. The predicted octanol–water partition coefficient (Wildman–Crippen LogP) is 0.409. The molecule has 1 fully saturated rings. The number of carbonyl (C=O) groups is 3. The van der Waals surface area contributed by atoms with Crippen LogP contribution in [0.3, 0.4) is 0 Å². The Hall–Kier alpha value is -1.79. The Morgan fingerprint density at radius 3 is 2.55 bits per heavy atom. The maximum atomic E-state index is 12.0. The van der Waals surface area contributed by atoms with Crippen molar-refractivity contribution in [1.29, 1.82) is 0 Å². The number of carboxylic acids is 1. The standard InChI is InChI=1S/C13H23N3O4/c1-3-13(4-2,11(18)19)9-15-12(20)16-7-5-10(17)14-6-8-16/h3-9H2,1-2H3,(H,14,17)(H,15,20)(H,18,19). The molecule has 3 N–H and O–H groups in total. The molecule has 20 heavy (non-hydrogen) atoms. The van der Waals surface area contributed by atoms with Crippen molar-refractivity contribution in [2.45, 2.75) is 33.1 Å². The Bertz CT molecular complexity index is 380. The van der Waals surface area contributed by atoms with E-state index < -0.39 is 11.4 Å². The number of rotatable bonds is 5. The van der Waals surface area contributed by atoms with E-state index in [1.807, 2.05) is 0 Å². The quantitative estimate of drug-likeness (QED) is 0.681. The number of hydrogen-bond donors (Lipinski definition) is 3. The van der Waals surface area contributed by atoms with Crippen molar-refractivity contribution in [3.63, 3.8) is 0 Å². The molecule has 0 unspecified atom stereocenters. The van der Waals surface area contributed by atoms with E-state index in [9.17, 15) is 19.5 Å². The second kappa shape index (κ2) is 7.12. The van der Waals surface area contributed by atoms with E-state index in [-0.39, 0.29) is 24.9 Å². The molecule has 0 radical (unpaired) electrons. The molecule has 0 spiro atoms. The number of nitrogens with zero attached hydrogens (tertiary/aromatic N) is 1. The molecule has 0 atom stereocenters. The van der Waals surface area contributed by atoms with Gasteiger partial charge in [-0.2, -0.15) is 0 Å². The average Bonchev–Trinajstić information content (AvgIpc) is 2.64. The largest absolute Gasteiger partial charge is 0.481 e. The number of amides is 3. The molecule has 1 aliphatic heterocycles. The monoisotopic (exact) mass is 285 g/mol. The van der Waals surface area contributed by atoms with Crippen LogP contribution in [0, 0.1) is 5.41 Å². The van der Waals surface area contributed by atoms with E-state index in [1.54, 1.807) is 13.8 Å². The van der Waals surface area contributed by atoms with Crippen LogP contribution in [0.4, 0.5) is 4.79 Å². The molecule has 0 saturated carbocycles. The molecule has 7 heteroatoms. The van der Waals surface area contributed by atoms with Crippen molar-refractivity contribution in [1.82, 2.24) is 15.5 Å². The summed E-state index contributed by atoms with van der Waals surface area (Å²) < 4.78 is 0. The van der Waals surface area contributed by atoms with Crippen LogP contribution in [-0.4, -0.2) is 54.1 Å². The molecule has 3 amide bonds. The first-order valence-electron chi connectivity index (χ1n) is 6.98. The summed E-state index contributed by atoms with van der Waals surface area (Å²) in [6, 6.07) is -0.311. The first-order chi connectivity index (χ1) is 9.45. The Kier molecular flexibility index (Phi) is 5.79. The Morgan fingerprint density at radius 1 is 1.35 bits per heavy atom. The molecular formula is C13H23N3O4. The average molecular weight is 285 g/mol. The van der Waals surface area contributed by atoms with Gasteiger partial charge in [0.05, 0.1) is 5.41 Å². The predicted molar refractivity (Wildman–Crippen MR) is 73.2 cm³/mol. The summed E-state index contributed by atoms with van der Waals surface area (Å²) in [6.45, 7) is 4.94. The summed E-state index contributed by atoms with van der Waals surface area (Å²) in [7, 11) is 0. The van der Waals surface area contributed by atoms with Crippen molar-refractivity contribution in [3.8, 4) is 0 Å². The van der Waals surface area contributed by atoms with Crippen molar-refractivity contribution < 1.29 is 19.5 Å². The van der Waals surface area contributed by atoms with Gasteiger partial charge in [-0.25, -0.2) is 4.79 Å². The lowest BCUT2D eigenvalue weighted by atomic mass is 9.82. The van der Waals surface area contributed by atoms with Crippen LogP contribution in [0.1, 0.15) is 33.1 Å². The summed E-state index contributed by atoms with van der Waals surface area (Å²) in [5.74, 6) is -0.960. The summed E-state index contributed by atoms with van der Waals surface area (Å²) in [4.78, 5) is 36.1. The smallest absolute Gasteiger partial charge is 0.317 e. The lowest BCUT2D eigenvalue weighted by Crippen LogP contribution is -2.48. The van der Waals surface area contributed by atoms with Gasteiger partial charge in [-0.1, -0.05) is 13.8 Å². The van der Waals surface area contributed by atoms with Crippen molar-refractivity contribution in [2.24, 2.45) is 5.41 Å². The van der Waals surface area contributed by atoms with E-state index in [0.717, 1.165) is 0 Å². The van der Waals surface area contributed by atoms with Crippen LogP contribution in [0.5, 0.6) is 0 Å². The van der Waals surface area contributed by atoms with Gasteiger partial charge in [0, 0.05) is 32.6 Å². The molecule has 0 bridgehead atoms. The molecule has 0 aromatic rings. The van der Waals surface area contributed by atoms with Crippen LogP contribution in [0.15, 0.2) is 0 Å². The van der Waals surface area contributed by atoms with Crippen molar-refractivity contribution >= 4 is 17.9 Å². The van der Waals surface area contributed by atoms with Gasteiger partial charge in [0.15, 0.2) is 0 Å². The zero-order valence-electron chi connectivity index (χ0n) is 12.1. The van der Waals surface area contributed by atoms with Gasteiger partial charge in [0.1, 0.15) is 0 Å². The minimum atomic E-state index is -0.921. The Balaban J connectivity index is 2.57. The third-order valence-corrected chi connectivity index (χ3v) is 3.99. The van der Waals surface area contributed by atoms with Gasteiger partial charge in [0.2, 0.25) is 5.91 Å².